The summed E-state index contributed by atoms with van der Waals surface area (Å²) in [5.41, 5.74) is 6.56. The quantitative estimate of drug-likeness (QED) is 0.605. The molecule has 110 valence electrons. The van der Waals surface area contributed by atoms with Crippen molar-refractivity contribution in [3.8, 4) is 5.75 Å². The lowest BCUT2D eigenvalue weighted by atomic mass is 10.0. The number of amides is 1. The van der Waals surface area contributed by atoms with Gasteiger partial charge in [-0.15, -0.1) is 0 Å². The highest BCUT2D eigenvalue weighted by Gasteiger charge is 2.25. The van der Waals surface area contributed by atoms with Gasteiger partial charge in [-0.1, -0.05) is 26.0 Å². The van der Waals surface area contributed by atoms with E-state index in [1.54, 1.807) is 26.0 Å². The molecular weight excluding hydrogens is 260 g/mol. The van der Waals surface area contributed by atoms with Crippen molar-refractivity contribution in [2.24, 2.45) is 11.7 Å². The summed E-state index contributed by atoms with van der Waals surface area (Å²) in [6.45, 7) is 3.43. The van der Waals surface area contributed by atoms with Crippen LogP contribution in [0.2, 0.25) is 0 Å². The first kappa shape index (κ1) is 16.0. The molecule has 0 spiro atoms. The number of aromatic hydroxyl groups is 1. The Kier molecular flexibility index (Phi) is 5.52. The molecule has 0 aliphatic heterocycles. The lowest BCUT2D eigenvalue weighted by molar-refractivity contribution is -0.143. The van der Waals surface area contributed by atoms with Gasteiger partial charge >= 0.3 is 5.97 Å². The van der Waals surface area contributed by atoms with Crippen LogP contribution in [0.1, 0.15) is 19.4 Å². The van der Waals surface area contributed by atoms with Crippen LogP contribution in [0.3, 0.4) is 0 Å². The maximum atomic E-state index is 11.9. The van der Waals surface area contributed by atoms with E-state index in [-0.39, 0.29) is 18.1 Å². The van der Waals surface area contributed by atoms with E-state index < -0.39 is 24.0 Å². The van der Waals surface area contributed by atoms with Crippen molar-refractivity contribution in [1.29, 1.82) is 0 Å². The number of hydrogen-bond donors (Lipinski definition) is 4. The number of phenolic OH excluding ortho intramolecular Hbond substituents is 1. The molecule has 0 aliphatic rings. The van der Waals surface area contributed by atoms with Crippen LogP contribution in [0.5, 0.6) is 5.75 Å². The van der Waals surface area contributed by atoms with E-state index in [2.05, 4.69) is 5.32 Å². The van der Waals surface area contributed by atoms with Crippen molar-refractivity contribution in [3.63, 3.8) is 0 Å². The number of nitrogens with two attached hydrogens (primary N) is 1. The van der Waals surface area contributed by atoms with Crippen molar-refractivity contribution in [3.05, 3.63) is 29.8 Å². The first-order valence-corrected chi connectivity index (χ1v) is 6.38. The summed E-state index contributed by atoms with van der Waals surface area (Å²) in [5, 5.41) is 20.6. The normalized spacial score (nSPS) is 13.8. The standard InChI is InChI=1S/C14H20N2O4/c1-8(2)12(14(19)20)16-13(18)11(15)7-9-3-5-10(17)6-4-9/h3-6,8,11-12,17H,7,15H2,1-2H3,(H,16,18)(H,19,20). The minimum Gasteiger partial charge on any atom is -0.508 e. The zero-order valence-electron chi connectivity index (χ0n) is 11.5. The van der Waals surface area contributed by atoms with E-state index in [1.807, 2.05) is 0 Å². The lowest BCUT2D eigenvalue weighted by Crippen LogP contribution is -2.51. The Morgan fingerprint density at radius 2 is 1.80 bits per heavy atom. The Bertz CT molecular complexity index is 471. The molecule has 0 aromatic heterocycles. The van der Waals surface area contributed by atoms with Crippen molar-refractivity contribution in [2.45, 2.75) is 32.4 Å². The van der Waals surface area contributed by atoms with E-state index in [9.17, 15) is 9.59 Å². The highest BCUT2D eigenvalue weighted by Crippen LogP contribution is 2.11. The Hall–Kier alpha value is -2.08. The summed E-state index contributed by atoms with van der Waals surface area (Å²) in [4.78, 5) is 22.9. The van der Waals surface area contributed by atoms with Gasteiger partial charge < -0.3 is 21.3 Å². The van der Waals surface area contributed by atoms with Crippen LogP contribution in [-0.4, -0.2) is 34.2 Å². The molecule has 1 rings (SSSR count). The molecule has 6 heteroatoms. The average molecular weight is 280 g/mol. The summed E-state index contributed by atoms with van der Waals surface area (Å²) < 4.78 is 0. The number of rotatable bonds is 6. The summed E-state index contributed by atoms with van der Waals surface area (Å²) in [5.74, 6) is -1.67. The van der Waals surface area contributed by atoms with Gasteiger partial charge in [-0.05, 0) is 30.0 Å². The molecule has 0 bridgehead atoms. The predicted molar refractivity (Wildman–Crippen MR) is 74.2 cm³/mol. The van der Waals surface area contributed by atoms with Crippen LogP contribution in [0.25, 0.3) is 0 Å². The minimum atomic E-state index is -1.08. The second-order valence-corrected chi connectivity index (χ2v) is 5.05. The average Bonchev–Trinajstić information content (AvgIpc) is 2.37. The Morgan fingerprint density at radius 3 is 2.25 bits per heavy atom. The predicted octanol–water partition coefficient (Wildman–Crippen LogP) is 0.487. The smallest absolute Gasteiger partial charge is 0.326 e. The number of hydrogen-bond acceptors (Lipinski definition) is 4. The van der Waals surface area contributed by atoms with Gasteiger partial charge in [0, 0.05) is 0 Å². The third-order valence-electron chi connectivity index (χ3n) is 2.96. The molecule has 6 nitrogen and oxygen atoms in total. The minimum absolute atomic E-state index is 0.137. The molecule has 5 N–H and O–H groups in total. The first-order chi connectivity index (χ1) is 9.31. The van der Waals surface area contributed by atoms with Gasteiger partial charge in [-0.3, -0.25) is 4.79 Å². The Morgan fingerprint density at radius 1 is 1.25 bits per heavy atom. The number of carbonyl (C=O) groups excluding carboxylic acids is 1. The second-order valence-electron chi connectivity index (χ2n) is 5.05. The fraction of sp³-hybridized carbons (Fsp3) is 0.429. The maximum absolute atomic E-state index is 11.9. The molecule has 2 unspecified atom stereocenters. The molecule has 0 fully saturated rings. The monoisotopic (exact) mass is 280 g/mol. The van der Waals surface area contributed by atoms with Crippen LogP contribution in [0, 0.1) is 5.92 Å². The van der Waals surface area contributed by atoms with E-state index in [0.29, 0.717) is 0 Å². The van der Waals surface area contributed by atoms with E-state index in [1.165, 1.54) is 12.1 Å². The number of carboxylic acids is 1. The lowest BCUT2D eigenvalue weighted by Gasteiger charge is -2.20. The molecule has 2 atom stereocenters. The van der Waals surface area contributed by atoms with E-state index >= 15 is 0 Å². The van der Waals surface area contributed by atoms with E-state index in [4.69, 9.17) is 15.9 Å². The van der Waals surface area contributed by atoms with Gasteiger partial charge in [0.25, 0.3) is 0 Å². The fourth-order valence-corrected chi connectivity index (χ4v) is 1.75. The van der Waals surface area contributed by atoms with Crippen molar-refractivity contribution >= 4 is 11.9 Å². The number of phenols is 1. The molecule has 1 aromatic rings. The van der Waals surface area contributed by atoms with E-state index in [0.717, 1.165) is 5.56 Å². The summed E-state index contributed by atoms with van der Waals surface area (Å²) in [6, 6.07) is 4.56. The van der Waals surface area contributed by atoms with Gasteiger partial charge in [0.2, 0.25) is 5.91 Å². The molecule has 0 saturated carbocycles. The van der Waals surface area contributed by atoms with Crippen molar-refractivity contribution in [1.82, 2.24) is 5.32 Å². The van der Waals surface area contributed by atoms with Crippen molar-refractivity contribution < 1.29 is 19.8 Å². The van der Waals surface area contributed by atoms with Crippen LogP contribution >= 0.6 is 0 Å². The molecular formula is C14H20N2O4. The molecule has 0 saturated heterocycles. The number of nitrogens with one attached hydrogen (secondary N) is 1. The Labute approximate surface area is 117 Å². The maximum Gasteiger partial charge on any atom is 0.326 e. The third kappa shape index (κ3) is 4.55. The molecule has 20 heavy (non-hydrogen) atoms. The summed E-state index contributed by atoms with van der Waals surface area (Å²) in [6.07, 6.45) is 0.274. The van der Waals surface area contributed by atoms with Crippen LogP contribution < -0.4 is 11.1 Å². The van der Waals surface area contributed by atoms with Crippen LogP contribution in [-0.2, 0) is 16.0 Å². The topological polar surface area (TPSA) is 113 Å². The van der Waals surface area contributed by atoms with Gasteiger partial charge in [0.1, 0.15) is 11.8 Å². The summed E-state index contributed by atoms with van der Waals surface area (Å²) >= 11 is 0. The highest BCUT2D eigenvalue weighted by molar-refractivity contribution is 5.87. The van der Waals surface area contributed by atoms with Crippen LogP contribution in [0.15, 0.2) is 24.3 Å². The van der Waals surface area contributed by atoms with Gasteiger partial charge in [-0.2, -0.15) is 0 Å². The second kappa shape index (κ2) is 6.91. The SMILES string of the molecule is CC(C)C(NC(=O)C(N)Cc1ccc(O)cc1)C(=O)O. The number of benzene rings is 1. The number of carboxylic acid groups (broad SMARTS) is 1. The highest BCUT2D eigenvalue weighted by atomic mass is 16.4. The molecule has 1 aromatic carbocycles. The molecule has 0 radical (unpaired) electrons. The molecule has 1 amide bonds. The van der Waals surface area contributed by atoms with Crippen LogP contribution in [0.4, 0.5) is 0 Å². The fourth-order valence-electron chi connectivity index (χ4n) is 1.75. The first-order valence-electron chi connectivity index (χ1n) is 6.38. The van der Waals surface area contributed by atoms with Gasteiger partial charge in [0.15, 0.2) is 0 Å². The molecule has 0 heterocycles. The zero-order valence-corrected chi connectivity index (χ0v) is 11.5. The van der Waals surface area contributed by atoms with Crippen molar-refractivity contribution in [2.75, 3.05) is 0 Å². The summed E-state index contributed by atoms with van der Waals surface area (Å²) in [7, 11) is 0. The largest absolute Gasteiger partial charge is 0.508 e. The zero-order chi connectivity index (χ0) is 15.3. The Balaban J connectivity index is 2.62. The number of aliphatic carboxylic acids is 1. The van der Waals surface area contributed by atoms with Gasteiger partial charge in [0.05, 0.1) is 6.04 Å². The number of carbonyl (C=O) groups is 2. The third-order valence-corrected chi connectivity index (χ3v) is 2.96. The molecule has 0 aliphatic carbocycles. The van der Waals surface area contributed by atoms with Gasteiger partial charge in [-0.25, -0.2) is 4.79 Å².